The van der Waals surface area contributed by atoms with Crippen LogP contribution in [0.1, 0.15) is 34.6 Å². The molecule has 0 bridgehead atoms. The first-order valence-corrected chi connectivity index (χ1v) is 7.57. The third-order valence-corrected chi connectivity index (χ3v) is 3.94. The van der Waals surface area contributed by atoms with E-state index in [0.717, 1.165) is 16.0 Å². The Bertz CT molecular complexity index is 400. The highest BCUT2D eigenvalue weighted by Gasteiger charge is 2.21. The molecule has 0 aliphatic heterocycles. The number of rotatable bonds is 5. The summed E-state index contributed by atoms with van der Waals surface area (Å²) in [6.45, 7) is 10.6. The van der Waals surface area contributed by atoms with Crippen LogP contribution in [-0.2, 0) is 4.79 Å². The molecule has 0 saturated heterocycles. The molecule has 7 heteroatoms. The van der Waals surface area contributed by atoms with E-state index in [9.17, 15) is 4.79 Å². The highest BCUT2D eigenvalue weighted by molar-refractivity contribution is 8.02. The summed E-state index contributed by atoms with van der Waals surface area (Å²) in [5, 5.41) is 14.7. The normalized spacial score (nSPS) is 13.2. The molecule has 1 amide bonds. The molecule has 0 aromatic carbocycles. The highest BCUT2D eigenvalue weighted by atomic mass is 32.2. The average molecular weight is 288 g/mol. The van der Waals surface area contributed by atoms with Crippen LogP contribution >= 0.6 is 23.1 Å². The van der Waals surface area contributed by atoms with Crippen LogP contribution in [0.4, 0.5) is 5.13 Å². The van der Waals surface area contributed by atoms with Crippen molar-refractivity contribution in [1.82, 2.24) is 15.5 Å². The van der Waals surface area contributed by atoms with Crippen LogP contribution in [0.5, 0.6) is 0 Å². The van der Waals surface area contributed by atoms with Crippen LogP contribution in [0.3, 0.4) is 0 Å². The van der Waals surface area contributed by atoms with Gasteiger partial charge in [-0.05, 0) is 34.6 Å². The van der Waals surface area contributed by atoms with Gasteiger partial charge in [-0.1, -0.05) is 23.1 Å². The summed E-state index contributed by atoms with van der Waals surface area (Å²) < 4.78 is 0.808. The van der Waals surface area contributed by atoms with Crippen molar-refractivity contribution in [2.75, 3.05) is 11.9 Å². The van der Waals surface area contributed by atoms with Crippen LogP contribution < -0.4 is 10.6 Å². The SMILES string of the molecule is CCNc1nnc(S[C@@H](C)C(=O)NC(C)(C)C)s1. The van der Waals surface area contributed by atoms with Crippen LogP contribution in [0.25, 0.3) is 0 Å². The van der Waals surface area contributed by atoms with E-state index in [-0.39, 0.29) is 16.7 Å². The van der Waals surface area contributed by atoms with Gasteiger partial charge in [0.25, 0.3) is 0 Å². The van der Waals surface area contributed by atoms with E-state index in [1.807, 2.05) is 34.6 Å². The molecule has 18 heavy (non-hydrogen) atoms. The molecule has 1 aromatic heterocycles. The van der Waals surface area contributed by atoms with E-state index in [4.69, 9.17) is 0 Å². The Balaban J connectivity index is 2.52. The molecule has 1 aromatic rings. The molecule has 0 fully saturated rings. The monoisotopic (exact) mass is 288 g/mol. The largest absolute Gasteiger partial charge is 0.360 e. The molecule has 102 valence electrons. The Morgan fingerprint density at radius 1 is 1.44 bits per heavy atom. The van der Waals surface area contributed by atoms with Crippen LogP contribution in [-0.4, -0.2) is 33.4 Å². The predicted octanol–water partition coefficient (Wildman–Crippen LogP) is 2.37. The van der Waals surface area contributed by atoms with E-state index < -0.39 is 0 Å². The summed E-state index contributed by atoms with van der Waals surface area (Å²) >= 11 is 2.90. The first kappa shape index (κ1) is 15.2. The van der Waals surface area contributed by atoms with Crippen molar-refractivity contribution in [2.45, 2.75) is 49.7 Å². The lowest BCUT2D eigenvalue weighted by atomic mass is 10.1. The summed E-state index contributed by atoms with van der Waals surface area (Å²) in [6.07, 6.45) is 0. The third kappa shape index (κ3) is 5.22. The van der Waals surface area contributed by atoms with E-state index in [2.05, 4.69) is 20.8 Å². The number of carbonyl (C=O) groups excluding carboxylic acids is 1. The summed E-state index contributed by atoms with van der Waals surface area (Å²) in [4.78, 5) is 11.9. The molecule has 1 atom stereocenters. The van der Waals surface area contributed by atoms with Gasteiger partial charge in [0.15, 0.2) is 4.34 Å². The number of hydrogen-bond donors (Lipinski definition) is 2. The Kier molecular flexibility index (Phi) is 5.40. The number of aromatic nitrogens is 2. The molecule has 1 heterocycles. The quantitative estimate of drug-likeness (QED) is 0.814. The summed E-state index contributed by atoms with van der Waals surface area (Å²) in [7, 11) is 0. The number of thioether (sulfide) groups is 1. The van der Waals surface area contributed by atoms with Gasteiger partial charge in [-0.15, -0.1) is 10.2 Å². The van der Waals surface area contributed by atoms with Crippen LogP contribution in [0.15, 0.2) is 4.34 Å². The molecular formula is C11H20N4OS2. The Morgan fingerprint density at radius 3 is 2.67 bits per heavy atom. The van der Waals surface area contributed by atoms with Crippen LogP contribution in [0.2, 0.25) is 0 Å². The van der Waals surface area contributed by atoms with Gasteiger partial charge >= 0.3 is 0 Å². The van der Waals surface area contributed by atoms with E-state index in [1.54, 1.807) is 0 Å². The molecule has 0 aliphatic carbocycles. The number of anilines is 1. The van der Waals surface area contributed by atoms with Crippen molar-refractivity contribution in [3.05, 3.63) is 0 Å². The van der Waals surface area contributed by atoms with Gasteiger partial charge in [-0.2, -0.15) is 0 Å². The van der Waals surface area contributed by atoms with Crippen molar-refractivity contribution >= 4 is 34.1 Å². The Hall–Kier alpha value is -0.820. The highest BCUT2D eigenvalue weighted by Crippen LogP contribution is 2.28. The molecule has 2 N–H and O–H groups in total. The number of hydrogen-bond acceptors (Lipinski definition) is 6. The van der Waals surface area contributed by atoms with Gasteiger partial charge < -0.3 is 10.6 Å². The molecule has 0 spiro atoms. The predicted molar refractivity (Wildman–Crippen MR) is 77.3 cm³/mol. The minimum atomic E-state index is -0.206. The summed E-state index contributed by atoms with van der Waals surface area (Å²) in [5.41, 5.74) is -0.206. The summed E-state index contributed by atoms with van der Waals surface area (Å²) in [6, 6.07) is 0. The van der Waals surface area contributed by atoms with Gasteiger partial charge in [-0.25, -0.2) is 0 Å². The second kappa shape index (κ2) is 6.38. The second-order valence-corrected chi connectivity index (χ2v) is 7.47. The molecule has 5 nitrogen and oxygen atoms in total. The van der Waals surface area contributed by atoms with E-state index >= 15 is 0 Å². The minimum Gasteiger partial charge on any atom is -0.360 e. The second-order valence-electron chi connectivity index (χ2n) is 4.90. The van der Waals surface area contributed by atoms with Crippen molar-refractivity contribution in [1.29, 1.82) is 0 Å². The zero-order valence-corrected chi connectivity index (χ0v) is 13.0. The average Bonchev–Trinajstić information content (AvgIpc) is 2.63. The first-order chi connectivity index (χ1) is 8.31. The minimum absolute atomic E-state index is 0.0210. The van der Waals surface area contributed by atoms with Gasteiger partial charge in [0.1, 0.15) is 0 Å². The van der Waals surface area contributed by atoms with Crippen molar-refractivity contribution < 1.29 is 4.79 Å². The fourth-order valence-electron chi connectivity index (χ4n) is 1.16. The molecule has 0 radical (unpaired) electrons. The lowest BCUT2D eigenvalue weighted by molar-refractivity contribution is -0.121. The number of carbonyl (C=O) groups is 1. The van der Waals surface area contributed by atoms with Gasteiger partial charge in [0.2, 0.25) is 11.0 Å². The zero-order chi connectivity index (χ0) is 13.8. The standard InChI is InChI=1S/C11H20N4OS2/c1-6-12-9-14-15-10(18-9)17-7(2)8(16)13-11(3,4)5/h7H,6H2,1-5H3,(H,12,14)(H,13,16)/t7-/m0/s1. The Morgan fingerprint density at radius 2 is 2.11 bits per heavy atom. The maximum Gasteiger partial charge on any atom is 0.233 e. The van der Waals surface area contributed by atoms with Crippen molar-refractivity contribution in [3.8, 4) is 0 Å². The summed E-state index contributed by atoms with van der Waals surface area (Å²) in [5.74, 6) is 0.0210. The number of nitrogens with zero attached hydrogens (tertiary/aromatic N) is 2. The lowest BCUT2D eigenvalue weighted by Gasteiger charge is -2.22. The van der Waals surface area contributed by atoms with Crippen molar-refractivity contribution in [2.24, 2.45) is 0 Å². The smallest absolute Gasteiger partial charge is 0.233 e. The molecule has 0 aliphatic rings. The molecule has 0 unspecified atom stereocenters. The number of amides is 1. The number of nitrogens with one attached hydrogen (secondary N) is 2. The van der Waals surface area contributed by atoms with E-state index in [1.165, 1.54) is 23.1 Å². The maximum atomic E-state index is 11.9. The van der Waals surface area contributed by atoms with E-state index in [0.29, 0.717) is 0 Å². The zero-order valence-electron chi connectivity index (χ0n) is 11.4. The Labute approximate surface area is 116 Å². The van der Waals surface area contributed by atoms with Crippen molar-refractivity contribution in [3.63, 3.8) is 0 Å². The lowest BCUT2D eigenvalue weighted by Crippen LogP contribution is -2.44. The van der Waals surface area contributed by atoms with Gasteiger partial charge in [0, 0.05) is 12.1 Å². The first-order valence-electron chi connectivity index (χ1n) is 5.88. The fraction of sp³-hybridized carbons (Fsp3) is 0.727. The van der Waals surface area contributed by atoms with Gasteiger partial charge in [-0.3, -0.25) is 4.79 Å². The van der Waals surface area contributed by atoms with Crippen LogP contribution in [0, 0.1) is 0 Å². The topological polar surface area (TPSA) is 66.9 Å². The molecular weight excluding hydrogens is 268 g/mol. The third-order valence-electron chi connectivity index (χ3n) is 1.88. The fourth-order valence-corrected chi connectivity index (χ4v) is 3.12. The van der Waals surface area contributed by atoms with Gasteiger partial charge in [0.05, 0.1) is 5.25 Å². The molecule has 0 saturated carbocycles. The maximum absolute atomic E-state index is 11.9. The molecule has 1 rings (SSSR count).